The van der Waals surface area contributed by atoms with E-state index in [-0.39, 0.29) is 23.9 Å². The van der Waals surface area contributed by atoms with Crippen molar-refractivity contribution in [1.82, 2.24) is 0 Å². The van der Waals surface area contributed by atoms with E-state index in [0.717, 1.165) is 6.42 Å². The van der Waals surface area contributed by atoms with E-state index in [2.05, 4.69) is 32.1 Å². The smallest absolute Gasteiger partial charge is 0.160 e. The lowest BCUT2D eigenvalue weighted by Gasteiger charge is -2.46. The third-order valence-corrected chi connectivity index (χ3v) is 4.19. The van der Waals surface area contributed by atoms with E-state index in [1.165, 1.54) is 5.56 Å². The molecule has 0 spiro atoms. The van der Waals surface area contributed by atoms with Crippen molar-refractivity contribution < 1.29 is 14.2 Å². The highest BCUT2D eigenvalue weighted by molar-refractivity contribution is 5.13. The molecular formula is C18H26O3. The molecule has 3 heteroatoms. The maximum absolute atomic E-state index is 6.20. The Morgan fingerprint density at radius 2 is 2.00 bits per heavy atom. The first-order chi connectivity index (χ1) is 10.1. The minimum absolute atomic E-state index is 0.00183. The van der Waals surface area contributed by atoms with Crippen LogP contribution in [-0.2, 0) is 20.8 Å². The van der Waals surface area contributed by atoms with Gasteiger partial charge in [0.25, 0.3) is 0 Å². The average molecular weight is 290 g/mol. The fraction of sp³-hybridized carbons (Fsp3) is 0.556. The normalized spacial score (nSPS) is 28.9. The second kappa shape index (κ2) is 7.21. The molecule has 0 amide bonds. The molecule has 1 fully saturated rings. The van der Waals surface area contributed by atoms with Crippen LogP contribution in [0.2, 0.25) is 0 Å². The lowest BCUT2D eigenvalue weighted by molar-refractivity contribution is -0.247. The molecule has 0 saturated carbocycles. The van der Waals surface area contributed by atoms with Crippen molar-refractivity contribution in [1.29, 1.82) is 0 Å². The molecule has 0 radical (unpaired) electrons. The number of ether oxygens (including phenoxy) is 3. The van der Waals surface area contributed by atoms with Crippen LogP contribution in [0.4, 0.5) is 0 Å². The van der Waals surface area contributed by atoms with Crippen LogP contribution < -0.4 is 0 Å². The SMILES string of the molecule is C/C=C/[C@H]1O[C@@H](OC)C[C@@H](OCc2ccccc2)C1(C)C. The summed E-state index contributed by atoms with van der Waals surface area (Å²) in [6.45, 7) is 7.02. The first-order valence-electron chi connectivity index (χ1n) is 7.54. The zero-order chi connectivity index (χ0) is 15.3. The fourth-order valence-corrected chi connectivity index (χ4v) is 2.73. The van der Waals surface area contributed by atoms with Crippen LogP contribution in [0.15, 0.2) is 42.5 Å². The van der Waals surface area contributed by atoms with Gasteiger partial charge in [-0.25, -0.2) is 0 Å². The predicted octanol–water partition coefficient (Wildman–Crippen LogP) is 3.94. The van der Waals surface area contributed by atoms with Crippen LogP contribution in [0.25, 0.3) is 0 Å². The van der Waals surface area contributed by atoms with E-state index in [9.17, 15) is 0 Å². The molecule has 3 nitrogen and oxygen atoms in total. The van der Waals surface area contributed by atoms with Crippen molar-refractivity contribution in [2.75, 3.05) is 7.11 Å². The van der Waals surface area contributed by atoms with Gasteiger partial charge in [0.1, 0.15) is 0 Å². The maximum Gasteiger partial charge on any atom is 0.160 e. The Kier molecular flexibility index (Phi) is 5.57. The molecule has 0 aliphatic carbocycles. The Labute approximate surface area is 127 Å². The molecule has 0 bridgehead atoms. The Morgan fingerprint density at radius 3 is 2.62 bits per heavy atom. The number of allylic oxidation sites excluding steroid dienone is 1. The first-order valence-corrected chi connectivity index (χ1v) is 7.54. The first kappa shape index (κ1) is 16.2. The maximum atomic E-state index is 6.20. The average Bonchev–Trinajstić information content (AvgIpc) is 2.49. The van der Waals surface area contributed by atoms with Crippen LogP contribution in [-0.4, -0.2) is 25.6 Å². The largest absolute Gasteiger partial charge is 0.373 e. The third-order valence-electron chi connectivity index (χ3n) is 4.19. The Morgan fingerprint density at radius 1 is 1.29 bits per heavy atom. The summed E-state index contributed by atoms with van der Waals surface area (Å²) in [4.78, 5) is 0. The fourth-order valence-electron chi connectivity index (χ4n) is 2.73. The number of hydrogen-bond donors (Lipinski definition) is 0. The van der Waals surface area contributed by atoms with E-state index in [4.69, 9.17) is 14.2 Å². The van der Waals surface area contributed by atoms with Gasteiger partial charge in [0.15, 0.2) is 6.29 Å². The second-order valence-corrected chi connectivity index (χ2v) is 6.09. The van der Waals surface area contributed by atoms with Gasteiger partial charge in [0, 0.05) is 18.9 Å². The summed E-state index contributed by atoms with van der Waals surface area (Å²) in [7, 11) is 1.68. The van der Waals surface area contributed by atoms with Crippen molar-refractivity contribution in [3.63, 3.8) is 0 Å². The Hall–Kier alpha value is -1.16. The van der Waals surface area contributed by atoms with E-state index in [1.807, 2.05) is 31.2 Å². The van der Waals surface area contributed by atoms with Crippen LogP contribution in [0.3, 0.4) is 0 Å². The van der Waals surface area contributed by atoms with Crippen molar-refractivity contribution in [2.24, 2.45) is 5.41 Å². The highest BCUT2D eigenvalue weighted by Crippen LogP contribution is 2.39. The number of hydrogen-bond acceptors (Lipinski definition) is 3. The topological polar surface area (TPSA) is 27.7 Å². The summed E-state index contributed by atoms with van der Waals surface area (Å²) in [6.07, 6.45) is 4.76. The van der Waals surface area contributed by atoms with Gasteiger partial charge in [-0.15, -0.1) is 0 Å². The summed E-state index contributed by atoms with van der Waals surface area (Å²) in [5.74, 6) is 0. The van der Waals surface area contributed by atoms with Gasteiger partial charge in [-0.05, 0) is 12.5 Å². The monoisotopic (exact) mass is 290 g/mol. The lowest BCUT2D eigenvalue weighted by atomic mass is 9.77. The highest BCUT2D eigenvalue weighted by atomic mass is 16.7. The summed E-state index contributed by atoms with van der Waals surface area (Å²) in [5, 5.41) is 0. The van der Waals surface area contributed by atoms with E-state index >= 15 is 0 Å². The molecular weight excluding hydrogens is 264 g/mol. The summed E-state index contributed by atoms with van der Waals surface area (Å²) >= 11 is 0. The van der Waals surface area contributed by atoms with Gasteiger partial charge in [-0.2, -0.15) is 0 Å². The number of methoxy groups -OCH3 is 1. The lowest BCUT2D eigenvalue weighted by Crippen LogP contribution is -2.51. The molecule has 1 aliphatic heterocycles. The van der Waals surface area contributed by atoms with Crippen molar-refractivity contribution in [3.05, 3.63) is 48.0 Å². The quantitative estimate of drug-likeness (QED) is 0.769. The van der Waals surface area contributed by atoms with Crippen molar-refractivity contribution in [2.45, 2.75) is 52.3 Å². The van der Waals surface area contributed by atoms with E-state index in [1.54, 1.807) is 7.11 Å². The van der Waals surface area contributed by atoms with Crippen molar-refractivity contribution in [3.8, 4) is 0 Å². The van der Waals surface area contributed by atoms with Gasteiger partial charge in [-0.3, -0.25) is 0 Å². The molecule has 0 aromatic heterocycles. The minimum Gasteiger partial charge on any atom is -0.373 e. The number of benzene rings is 1. The molecule has 0 N–H and O–H groups in total. The Bertz CT molecular complexity index is 453. The van der Waals surface area contributed by atoms with E-state index in [0.29, 0.717) is 6.61 Å². The van der Waals surface area contributed by atoms with Gasteiger partial charge in [-0.1, -0.05) is 56.3 Å². The summed E-state index contributed by atoms with van der Waals surface area (Å²) in [5.41, 5.74) is 1.10. The zero-order valence-corrected chi connectivity index (χ0v) is 13.4. The molecule has 2 rings (SSSR count). The highest BCUT2D eigenvalue weighted by Gasteiger charge is 2.44. The summed E-state index contributed by atoms with van der Waals surface area (Å²) in [6, 6.07) is 10.3. The van der Waals surface area contributed by atoms with Crippen LogP contribution >= 0.6 is 0 Å². The van der Waals surface area contributed by atoms with Crippen LogP contribution in [0.5, 0.6) is 0 Å². The minimum atomic E-state index is -0.208. The zero-order valence-electron chi connectivity index (χ0n) is 13.4. The number of rotatable bonds is 5. The molecule has 3 atom stereocenters. The van der Waals surface area contributed by atoms with Crippen molar-refractivity contribution >= 4 is 0 Å². The molecule has 1 heterocycles. The predicted molar refractivity (Wildman–Crippen MR) is 83.9 cm³/mol. The van der Waals surface area contributed by atoms with Gasteiger partial charge in [0.05, 0.1) is 18.8 Å². The van der Waals surface area contributed by atoms with Gasteiger partial charge >= 0.3 is 0 Å². The molecule has 1 aromatic carbocycles. The standard InChI is InChI=1S/C18H26O3/c1-5-9-15-18(2,3)16(12-17(19-4)21-15)20-13-14-10-7-6-8-11-14/h5-11,15-17H,12-13H2,1-4H3/b9-5+/t15-,16-,17-/m1/s1. The molecule has 1 saturated heterocycles. The van der Waals surface area contributed by atoms with E-state index < -0.39 is 0 Å². The molecule has 116 valence electrons. The second-order valence-electron chi connectivity index (χ2n) is 6.09. The molecule has 1 aliphatic rings. The van der Waals surface area contributed by atoms with Gasteiger partial charge < -0.3 is 14.2 Å². The Balaban J connectivity index is 2.07. The molecule has 0 unspecified atom stereocenters. The molecule has 21 heavy (non-hydrogen) atoms. The summed E-state index contributed by atoms with van der Waals surface area (Å²) < 4.78 is 17.6. The molecule has 1 aromatic rings. The van der Waals surface area contributed by atoms with Crippen LogP contribution in [0.1, 0.15) is 32.8 Å². The van der Waals surface area contributed by atoms with Gasteiger partial charge in [0.2, 0.25) is 0 Å². The third kappa shape index (κ3) is 3.94. The van der Waals surface area contributed by atoms with Crippen LogP contribution in [0, 0.1) is 5.41 Å².